The molecule has 208 valence electrons. The van der Waals surface area contributed by atoms with Gasteiger partial charge in [-0.2, -0.15) is 36.4 Å². The number of nitrogens with two attached hydrogens (primary N) is 1. The van der Waals surface area contributed by atoms with Crippen molar-refractivity contribution in [1.29, 1.82) is 0 Å². The van der Waals surface area contributed by atoms with Crippen LogP contribution in [0, 0.1) is 0 Å². The Kier molecular flexibility index (Phi) is 6.59. The van der Waals surface area contributed by atoms with Gasteiger partial charge in [0.25, 0.3) is 5.56 Å². The molecule has 0 bridgehead atoms. The van der Waals surface area contributed by atoms with E-state index in [1.165, 1.54) is 22.8 Å². The molecule has 0 aliphatic heterocycles. The summed E-state index contributed by atoms with van der Waals surface area (Å²) in [7, 11) is 0. The average Bonchev–Trinajstić information content (AvgIpc) is 3.50. The highest BCUT2D eigenvalue weighted by Crippen LogP contribution is 2.32. The van der Waals surface area contributed by atoms with Crippen LogP contribution in [0.25, 0.3) is 27.9 Å². The minimum atomic E-state index is -4.61. The van der Waals surface area contributed by atoms with Crippen molar-refractivity contribution >= 4 is 11.6 Å². The Balaban J connectivity index is 1.55. The van der Waals surface area contributed by atoms with Crippen LogP contribution in [-0.4, -0.2) is 40.1 Å². The highest BCUT2D eigenvalue weighted by Gasteiger charge is 2.32. The zero-order valence-corrected chi connectivity index (χ0v) is 20.6. The molecule has 0 amide bonds. The maximum Gasteiger partial charge on any atom is 0.433 e. The molecule has 0 aromatic carbocycles. The Bertz CT molecular complexity index is 1730. The van der Waals surface area contributed by atoms with Crippen LogP contribution in [0.15, 0.2) is 66.1 Å². The van der Waals surface area contributed by atoms with Crippen LogP contribution >= 0.6 is 0 Å². The van der Waals surface area contributed by atoms with Gasteiger partial charge < -0.3 is 10.3 Å². The number of pyridine rings is 3. The molecule has 2 N–H and O–H groups in total. The van der Waals surface area contributed by atoms with Crippen molar-refractivity contribution in [2.24, 2.45) is 0 Å². The van der Waals surface area contributed by atoms with Gasteiger partial charge in [0.1, 0.15) is 12.2 Å². The van der Waals surface area contributed by atoms with Gasteiger partial charge in [0, 0.05) is 53.1 Å². The molecule has 5 aromatic heterocycles. The van der Waals surface area contributed by atoms with E-state index in [9.17, 15) is 31.1 Å². The molecule has 0 saturated heterocycles. The molecular formula is C25H20F6N8O. The van der Waals surface area contributed by atoms with Crippen molar-refractivity contribution in [3.63, 3.8) is 0 Å². The highest BCUT2D eigenvalue weighted by atomic mass is 19.4. The fourth-order valence-electron chi connectivity index (χ4n) is 4.38. The van der Waals surface area contributed by atoms with Crippen LogP contribution in [0.3, 0.4) is 0 Å². The first-order valence-corrected chi connectivity index (χ1v) is 11.8. The van der Waals surface area contributed by atoms with Gasteiger partial charge in [0.2, 0.25) is 5.95 Å². The zero-order valence-electron chi connectivity index (χ0n) is 20.6. The molecule has 0 fully saturated rings. The highest BCUT2D eigenvalue weighted by molar-refractivity contribution is 5.82. The number of nitrogens with zero attached hydrogens (tertiary/aromatic N) is 7. The third-order valence-corrected chi connectivity index (χ3v) is 6.20. The number of anilines is 1. The summed E-state index contributed by atoms with van der Waals surface area (Å²) in [6, 6.07) is 5.92. The molecular weight excluding hydrogens is 542 g/mol. The normalized spacial score (nSPS) is 13.2. The smallest absolute Gasteiger partial charge is 0.366 e. The quantitative estimate of drug-likeness (QED) is 0.293. The molecule has 1 unspecified atom stereocenters. The van der Waals surface area contributed by atoms with Gasteiger partial charge in [0.15, 0.2) is 5.65 Å². The molecule has 9 nitrogen and oxygen atoms in total. The van der Waals surface area contributed by atoms with Crippen molar-refractivity contribution in [3.8, 4) is 22.3 Å². The van der Waals surface area contributed by atoms with Crippen LogP contribution in [0.5, 0.6) is 0 Å². The first-order valence-electron chi connectivity index (χ1n) is 11.8. The SMILES string of the molecule is CCC(c1ccc(C(F)(F)F)nc1)n1cc(-c2cc(-c3ccc(=O)n(CC(F)(F)F)c3)c3nc(N)nn3c2)cn1. The van der Waals surface area contributed by atoms with Crippen LogP contribution in [0.4, 0.5) is 32.3 Å². The Hall–Kier alpha value is -4.69. The van der Waals surface area contributed by atoms with Gasteiger partial charge in [-0.25, -0.2) is 4.52 Å². The number of alkyl halides is 6. The lowest BCUT2D eigenvalue weighted by atomic mass is 10.0. The van der Waals surface area contributed by atoms with Gasteiger partial charge in [-0.1, -0.05) is 13.0 Å². The van der Waals surface area contributed by atoms with E-state index in [1.807, 2.05) is 6.92 Å². The molecule has 1 atom stereocenters. The summed E-state index contributed by atoms with van der Waals surface area (Å²) in [4.78, 5) is 19.8. The largest absolute Gasteiger partial charge is 0.433 e. The summed E-state index contributed by atoms with van der Waals surface area (Å²) >= 11 is 0. The number of hydrogen-bond acceptors (Lipinski definition) is 6. The van der Waals surface area contributed by atoms with E-state index in [0.717, 1.165) is 24.5 Å². The van der Waals surface area contributed by atoms with Gasteiger partial charge in [0.05, 0.1) is 12.2 Å². The monoisotopic (exact) mass is 562 g/mol. The second-order valence-electron chi connectivity index (χ2n) is 8.99. The van der Waals surface area contributed by atoms with Crippen molar-refractivity contribution < 1.29 is 26.3 Å². The summed E-state index contributed by atoms with van der Waals surface area (Å²) in [6.07, 6.45) is -1.58. The number of rotatable bonds is 6. The molecule has 40 heavy (non-hydrogen) atoms. The molecule has 0 aliphatic rings. The summed E-state index contributed by atoms with van der Waals surface area (Å²) in [5.74, 6) is -0.0708. The third kappa shape index (κ3) is 5.39. The van der Waals surface area contributed by atoms with Crippen molar-refractivity contribution in [2.45, 2.75) is 38.3 Å². The molecule has 5 heterocycles. The van der Waals surface area contributed by atoms with Gasteiger partial charge in [-0.05, 0) is 30.2 Å². The minimum absolute atomic E-state index is 0.0708. The van der Waals surface area contributed by atoms with Crippen LogP contribution in [0.1, 0.15) is 30.6 Å². The molecule has 5 rings (SSSR count). The minimum Gasteiger partial charge on any atom is -0.366 e. The Morgan fingerprint density at radius 2 is 1.73 bits per heavy atom. The maximum atomic E-state index is 13.0. The second kappa shape index (κ2) is 9.81. The number of aromatic nitrogens is 7. The van der Waals surface area contributed by atoms with Crippen molar-refractivity contribution in [1.82, 2.24) is 33.9 Å². The number of halogens is 6. The van der Waals surface area contributed by atoms with E-state index >= 15 is 0 Å². The predicted molar refractivity (Wildman–Crippen MR) is 132 cm³/mol. The topological polar surface area (TPSA) is 109 Å². The van der Waals surface area contributed by atoms with Crippen molar-refractivity contribution in [3.05, 3.63) is 82.9 Å². The summed E-state index contributed by atoms with van der Waals surface area (Å²) in [5, 5.41) is 8.52. The first-order chi connectivity index (χ1) is 18.8. The van der Waals surface area contributed by atoms with E-state index < -0.39 is 36.2 Å². The number of fused-ring (bicyclic) bond motifs is 1. The van der Waals surface area contributed by atoms with E-state index in [4.69, 9.17) is 5.73 Å². The lowest BCUT2D eigenvalue weighted by molar-refractivity contribution is -0.142. The second-order valence-corrected chi connectivity index (χ2v) is 8.99. The molecule has 0 aliphatic carbocycles. The first kappa shape index (κ1) is 26.9. The summed E-state index contributed by atoms with van der Waals surface area (Å²) in [6.45, 7) is 0.385. The zero-order chi connectivity index (χ0) is 28.8. The van der Waals surface area contributed by atoms with E-state index in [-0.39, 0.29) is 17.2 Å². The molecule has 0 saturated carbocycles. The third-order valence-electron chi connectivity index (χ3n) is 6.20. The van der Waals surface area contributed by atoms with Crippen LogP contribution in [-0.2, 0) is 12.7 Å². The lowest BCUT2D eigenvalue weighted by Crippen LogP contribution is -2.27. The predicted octanol–water partition coefficient (Wildman–Crippen LogP) is 4.98. The van der Waals surface area contributed by atoms with Gasteiger partial charge in [-0.15, -0.1) is 5.10 Å². The summed E-state index contributed by atoms with van der Waals surface area (Å²) < 4.78 is 81.4. The number of nitrogen functional groups attached to an aromatic ring is 1. The van der Waals surface area contributed by atoms with E-state index in [2.05, 4.69) is 20.2 Å². The van der Waals surface area contributed by atoms with Gasteiger partial charge >= 0.3 is 12.4 Å². The van der Waals surface area contributed by atoms with Gasteiger partial charge in [-0.3, -0.25) is 14.5 Å². The van der Waals surface area contributed by atoms with E-state index in [0.29, 0.717) is 33.2 Å². The average molecular weight is 562 g/mol. The summed E-state index contributed by atoms with van der Waals surface area (Å²) in [5.41, 5.74) is 6.52. The Morgan fingerprint density at radius 1 is 0.950 bits per heavy atom. The van der Waals surface area contributed by atoms with Crippen LogP contribution in [0.2, 0.25) is 0 Å². The lowest BCUT2D eigenvalue weighted by Gasteiger charge is -2.16. The standard InChI is InChI=1S/C25H20F6N8O/c1-2-19(14-3-5-20(33-8-14)25(29,30)31)38-12-17(9-34-38)16-7-18(22-35-23(32)36-39(22)11-16)15-4-6-21(40)37(10-15)13-24(26,27)28/h3-12,19H,2,13H2,1H3,(H2,32,36). The molecule has 5 aromatic rings. The number of hydrogen-bond donors (Lipinski definition) is 1. The Labute approximate surface area is 221 Å². The molecule has 0 radical (unpaired) electrons. The molecule has 15 heteroatoms. The van der Waals surface area contributed by atoms with Crippen LogP contribution < -0.4 is 11.3 Å². The van der Waals surface area contributed by atoms with E-state index in [1.54, 1.807) is 23.1 Å². The fourth-order valence-corrected chi connectivity index (χ4v) is 4.38. The fraction of sp³-hybridized carbons (Fsp3) is 0.240. The maximum absolute atomic E-state index is 13.0. The Morgan fingerprint density at radius 3 is 2.38 bits per heavy atom. The molecule has 0 spiro atoms. The van der Waals surface area contributed by atoms with Crippen molar-refractivity contribution in [2.75, 3.05) is 5.73 Å².